The van der Waals surface area contributed by atoms with Gasteiger partial charge in [0.25, 0.3) is 5.56 Å². The van der Waals surface area contributed by atoms with Gasteiger partial charge in [-0.05, 0) is 24.6 Å². The zero-order valence-electron chi connectivity index (χ0n) is 17.2. The Morgan fingerprint density at radius 2 is 1.69 bits per heavy atom. The first-order valence-corrected chi connectivity index (χ1v) is 8.84. The molecule has 0 spiro atoms. The van der Waals surface area contributed by atoms with E-state index in [0.29, 0.717) is 28.6 Å². The average Bonchev–Trinajstić information content (AvgIpc) is 2.74. The lowest BCUT2D eigenvalue weighted by Gasteiger charge is -2.30. The number of anilines is 1. The van der Waals surface area contributed by atoms with Gasteiger partial charge in [-0.2, -0.15) is 0 Å². The maximum atomic E-state index is 13.1. The zero-order valence-corrected chi connectivity index (χ0v) is 17.2. The van der Waals surface area contributed by atoms with Crippen molar-refractivity contribution in [1.29, 1.82) is 0 Å². The third-order valence-corrected chi connectivity index (χ3v) is 5.13. The Bertz CT molecular complexity index is 1140. The number of methoxy groups -OCH3 is 3. The number of rotatable bonds is 4. The number of nitrogens with one attached hydrogen (secondary N) is 1. The van der Waals surface area contributed by atoms with Crippen LogP contribution in [0.3, 0.4) is 0 Å². The molecule has 2 heterocycles. The molecule has 0 saturated carbocycles. The van der Waals surface area contributed by atoms with Gasteiger partial charge >= 0.3 is 11.7 Å². The minimum absolute atomic E-state index is 0.271. The minimum Gasteiger partial charge on any atom is -0.493 e. The Labute approximate surface area is 167 Å². The molecule has 0 bridgehead atoms. The molecule has 1 N–H and O–H groups in total. The van der Waals surface area contributed by atoms with E-state index < -0.39 is 23.1 Å². The third-order valence-electron chi connectivity index (χ3n) is 5.13. The van der Waals surface area contributed by atoms with Crippen LogP contribution in [-0.4, -0.2) is 36.4 Å². The monoisotopic (exact) mass is 401 g/mol. The summed E-state index contributed by atoms with van der Waals surface area (Å²) in [6, 6.07) is 5.16. The van der Waals surface area contributed by atoms with Gasteiger partial charge in [-0.1, -0.05) is 6.07 Å². The normalized spacial score (nSPS) is 15.4. The summed E-state index contributed by atoms with van der Waals surface area (Å²) in [6.07, 6.45) is 0. The fourth-order valence-corrected chi connectivity index (χ4v) is 3.63. The fraction of sp³-hybridized carbons (Fsp3) is 0.350. The van der Waals surface area contributed by atoms with Crippen molar-refractivity contribution in [2.24, 2.45) is 14.1 Å². The topological polar surface area (TPSA) is 101 Å². The van der Waals surface area contributed by atoms with Gasteiger partial charge in [0.1, 0.15) is 5.82 Å². The molecule has 0 radical (unpaired) electrons. The standard InChI is InChI=1S/C20H23N3O6/c1-10-14(19(25)29-6)15(11-7-8-12(27-4)13(9-11)28-5)16-17(21-10)22(2)20(26)23(3)18(16)24/h7-9,15,21H,1-6H3/t15-/m1/s1. The van der Waals surface area contributed by atoms with Gasteiger partial charge < -0.3 is 19.5 Å². The van der Waals surface area contributed by atoms with E-state index >= 15 is 0 Å². The number of allylic oxidation sites excluding steroid dienone is 1. The number of carbonyl (C=O) groups is 1. The molecule has 3 rings (SSSR count). The second-order valence-corrected chi connectivity index (χ2v) is 6.67. The minimum atomic E-state index is -0.760. The van der Waals surface area contributed by atoms with Gasteiger partial charge in [0.15, 0.2) is 11.5 Å². The molecule has 1 aliphatic rings. The van der Waals surface area contributed by atoms with Crippen LogP contribution in [0.25, 0.3) is 0 Å². The Kier molecular flexibility index (Phi) is 5.23. The van der Waals surface area contributed by atoms with Crippen LogP contribution in [0.5, 0.6) is 11.5 Å². The van der Waals surface area contributed by atoms with Crippen molar-refractivity contribution in [3.8, 4) is 11.5 Å². The van der Waals surface area contributed by atoms with Crippen molar-refractivity contribution in [1.82, 2.24) is 9.13 Å². The highest BCUT2D eigenvalue weighted by Gasteiger charge is 2.37. The van der Waals surface area contributed by atoms with E-state index in [4.69, 9.17) is 14.2 Å². The molecule has 9 nitrogen and oxygen atoms in total. The molecule has 1 aromatic heterocycles. The molecule has 154 valence electrons. The van der Waals surface area contributed by atoms with Gasteiger partial charge in [-0.3, -0.25) is 13.9 Å². The highest BCUT2D eigenvalue weighted by molar-refractivity contribution is 5.94. The molecule has 1 aliphatic heterocycles. The van der Waals surface area contributed by atoms with Gasteiger partial charge in [0.05, 0.1) is 38.4 Å². The van der Waals surface area contributed by atoms with Gasteiger partial charge in [0, 0.05) is 19.8 Å². The molecule has 0 fully saturated rings. The number of ether oxygens (including phenoxy) is 3. The average molecular weight is 401 g/mol. The lowest BCUT2D eigenvalue weighted by molar-refractivity contribution is -0.136. The van der Waals surface area contributed by atoms with E-state index in [2.05, 4.69) is 5.32 Å². The van der Waals surface area contributed by atoms with Crippen molar-refractivity contribution >= 4 is 11.8 Å². The summed E-state index contributed by atoms with van der Waals surface area (Å²) in [4.78, 5) is 38.1. The number of hydrogen-bond acceptors (Lipinski definition) is 7. The molecule has 1 atom stereocenters. The van der Waals surface area contributed by atoms with E-state index in [1.807, 2.05) is 0 Å². The van der Waals surface area contributed by atoms with Crippen molar-refractivity contribution < 1.29 is 19.0 Å². The van der Waals surface area contributed by atoms with Gasteiger partial charge in [-0.15, -0.1) is 0 Å². The van der Waals surface area contributed by atoms with Crippen molar-refractivity contribution in [2.75, 3.05) is 26.6 Å². The number of hydrogen-bond donors (Lipinski definition) is 1. The summed E-state index contributed by atoms with van der Waals surface area (Å²) >= 11 is 0. The van der Waals surface area contributed by atoms with Crippen molar-refractivity contribution in [3.63, 3.8) is 0 Å². The molecule has 0 aliphatic carbocycles. The summed E-state index contributed by atoms with van der Waals surface area (Å²) in [6.45, 7) is 1.70. The van der Waals surface area contributed by atoms with Crippen molar-refractivity contribution in [3.05, 3.63) is 61.4 Å². The van der Waals surface area contributed by atoms with Crippen LogP contribution < -0.4 is 26.0 Å². The smallest absolute Gasteiger partial charge is 0.336 e. The summed E-state index contributed by atoms with van der Waals surface area (Å²) < 4.78 is 18.0. The Morgan fingerprint density at radius 3 is 2.28 bits per heavy atom. The van der Waals surface area contributed by atoms with Crippen LogP contribution in [0.2, 0.25) is 0 Å². The Hall–Kier alpha value is -3.49. The van der Waals surface area contributed by atoms with E-state index in [1.165, 1.54) is 32.9 Å². The lowest BCUT2D eigenvalue weighted by Crippen LogP contribution is -2.43. The quantitative estimate of drug-likeness (QED) is 0.766. The number of fused-ring (bicyclic) bond motifs is 1. The highest BCUT2D eigenvalue weighted by atomic mass is 16.5. The second-order valence-electron chi connectivity index (χ2n) is 6.67. The summed E-state index contributed by atoms with van der Waals surface area (Å²) in [5.74, 6) is -0.0314. The van der Waals surface area contributed by atoms with Crippen LogP contribution in [0.1, 0.15) is 24.0 Å². The van der Waals surface area contributed by atoms with E-state index in [9.17, 15) is 14.4 Å². The maximum absolute atomic E-state index is 13.1. The van der Waals surface area contributed by atoms with E-state index in [-0.39, 0.29) is 11.1 Å². The zero-order chi connectivity index (χ0) is 21.5. The van der Waals surface area contributed by atoms with Gasteiger partial charge in [-0.25, -0.2) is 9.59 Å². The summed E-state index contributed by atoms with van der Waals surface area (Å²) in [7, 11) is 7.27. The second kappa shape index (κ2) is 7.50. The first-order valence-electron chi connectivity index (χ1n) is 8.84. The number of esters is 1. The largest absolute Gasteiger partial charge is 0.493 e. The van der Waals surface area contributed by atoms with Crippen LogP contribution in [0, 0.1) is 0 Å². The number of carbonyl (C=O) groups excluding carboxylic acids is 1. The molecule has 1 aromatic carbocycles. The van der Waals surface area contributed by atoms with E-state index in [0.717, 1.165) is 4.57 Å². The van der Waals surface area contributed by atoms with Crippen molar-refractivity contribution in [2.45, 2.75) is 12.8 Å². The Balaban J connectivity index is 2.41. The van der Waals surface area contributed by atoms with Crippen LogP contribution >= 0.6 is 0 Å². The van der Waals surface area contributed by atoms with E-state index in [1.54, 1.807) is 32.2 Å². The molecular weight excluding hydrogens is 378 g/mol. The summed E-state index contributed by atoms with van der Waals surface area (Å²) in [5, 5.41) is 3.03. The summed E-state index contributed by atoms with van der Waals surface area (Å²) in [5.41, 5.74) is 0.704. The molecular formula is C20H23N3O6. The van der Waals surface area contributed by atoms with Gasteiger partial charge in [0.2, 0.25) is 0 Å². The predicted octanol–water partition coefficient (Wildman–Crippen LogP) is 1.11. The van der Waals surface area contributed by atoms with Crippen LogP contribution in [-0.2, 0) is 23.6 Å². The molecule has 2 aromatic rings. The Morgan fingerprint density at radius 1 is 1.03 bits per heavy atom. The van der Waals surface area contributed by atoms with Crippen LogP contribution in [0.15, 0.2) is 39.1 Å². The SMILES string of the molecule is COC(=O)C1=C(C)Nc2c(c(=O)n(C)c(=O)n2C)[C@@H]1c1ccc(OC)c(OC)c1. The number of nitrogens with zero attached hydrogens (tertiary/aromatic N) is 2. The molecule has 0 saturated heterocycles. The highest BCUT2D eigenvalue weighted by Crippen LogP contribution is 2.42. The molecule has 0 unspecified atom stereocenters. The predicted molar refractivity (Wildman–Crippen MR) is 107 cm³/mol. The fourth-order valence-electron chi connectivity index (χ4n) is 3.63. The van der Waals surface area contributed by atoms with Crippen LogP contribution in [0.4, 0.5) is 5.82 Å². The molecule has 9 heteroatoms. The molecule has 29 heavy (non-hydrogen) atoms. The first kappa shape index (κ1) is 20.2. The maximum Gasteiger partial charge on any atom is 0.336 e. The molecule has 0 amide bonds. The first-order chi connectivity index (χ1) is 13.8. The lowest BCUT2D eigenvalue weighted by atomic mass is 9.82. The number of benzene rings is 1. The number of aromatic nitrogens is 2. The third kappa shape index (κ3) is 3.08.